The zero-order valence-corrected chi connectivity index (χ0v) is 19.5. The van der Waals surface area contributed by atoms with Crippen molar-refractivity contribution in [3.63, 3.8) is 0 Å². The molecule has 6 nitrogen and oxygen atoms in total. The van der Waals surface area contributed by atoms with E-state index in [1.807, 2.05) is 0 Å². The molecule has 2 aromatic carbocycles. The van der Waals surface area contributed by atoms with Crippen LogP contribution in [0.4, 0.5) is 17.6 Å². The molecule has 0 aliphatic heterocycles. The number of amides is 1. The van der Waals surface area contributed by atoms with Crippen molar-refractivity contribution >= 4 is 15.9 Å². The molecule has 186 valence electrons. The number of methoxy groups -OCH3 is 1. The molecule has 1 atom stereocenters. The van der Waals surface area contributed by atoms with Gasteiger partial charge >= 0.3 is 6.18 Å². The molecule has 0 aromatic heterocycles. The minimum Gasteiger partial charge on any atom is -0.496 e. The largest absolute Gasteiger partial charge is 0.496 e. The van der Waals surface area contributed by atoms with E-state index in [9.17, 15) is 30.8 Å². The number of rotatable bonds is 7. The molecule has 1 aliphatic carbocycles. The monoisotopic (exact) mass is 502 g/mol. The minimum atomic E-state index is -4.77. The van der Waals surface area contributed by atoms with Crippen LogP contribution in [0.25, 0.3) is 0 Å². The molecule has 3 rings (SSSR count). The minimum absolute atomic E-state index is 0.178. The second-order valence-electron chi connectivity index (χ2n) is 8.31. The van der Waals surface area contributed by atoms with E-state index in [-0.39, 0.29) is 23.7 Å². The average Bonchev–Trinajstić information content (AvgIpc) is 2.78. The van der Waals surface area contributed by atoms with E-state index in [4.69, 9.17) is 4.74 Å². The van der Waals surface area contributed by atoms with Crippen LogP contribution in [-0.4, -0.2) is 27.5 Å². The Morgan fingerprint density at radius 3 is 2.24 bits per heavy atom. The van der Waals surface area contributed by atoms with Gasteiger partial charge < -0.3 is 10.1 Å². The maximum atomic E-state index is 13.2. The van der Waals surface area contributed by atoms with Gasteiger partial charge in [-0.1, -0.05) is 12.1 Å². The SMILES string of the molecule is COc1ccc(S(=O)(=O)NC2CCC(C(=O)N[C@H](C)c3ccc(F)cc3)CC2)cc1C(F)(F)F. The zero-order valence-electron chi connectivity index (χ0n) is 18.7. The molecule has 34 heavy (non-hydrogen) atoms. The zero-order chi connectivity index (χ0) is 25.1. The number of benzene rings is 2. The van der Waals surface area contributed by atoms with E-state index in [0.29, 0.717) is 31.7 Å². The van der Waals surface area contributed by atoms with Gasteiger partial charge in [-0.2, -0.15) is 13.2 Å². The van der Waals surface area contributed by atoms with E-state index in [1.165, 1.54) is 12.1 Å². The Morgan fingerprint density at radius 2 is 1.68 bits per heavy atom. The Kier molecular flexibility index (Phi) is 7.87. The number of carbonyl (C=O) groups is 1. The van der Waals surface area contributed by atoms with E-state index in [0.717, 1.165) is 24.8 Å². The first-order valence-corrected chi connectivity index (χ1v) is 12.2. The molecule has 1 aliphatic rings. The van der Waals surface area contributed by atoms with E-state index in [2.05, 4.69) is 10.0 Å². The second-order valence-corrected chi connectivity index (χ2v) is 10.0. The van der Waals surface area contributed by atoms with Gasteiger partial charge in [-0.15, -0.1) is 0 Å². The second kappa shape index (κ2) is 10.3. The van der Waals surface area contributed by atoms with E-state index in [1.54, 1.807) is 19.1 Å². The molecule has 0 spiro atoms. The van der Waals surface area contributed by atoms with Gasteiger partial charge in [0.05, 0.1) is 23.6 Å². The van der Waals surface area contributed by atoms with Crippen LogP contribution in [0.3, 0.4) is 0 Å². The summed E-state index contributed by atoms with van der Waals surface area (Å²) in [5.41, 5.74) is -0.414. The van der Waals surface area contributed by atoms with Crippen molar-refractivity contribution in [2.45, 2.75) is 55.8 Å². The van der Waals surface area contributed by atoms with Crippen LogP contribution in [-0.2, 0) is 21.0 Å². The first kappa shape index (κ1) is 26.0. The number of hydrogen-bond donors (Lipinski definition) is 2. The number of nitrogens with one attached hydrogen (secondary N) is 2. The van der Waals surface area contributed by atoms with E-state index >= 15 is 0 Å². The number of hydrogen-bond acceptors (Lipinski definition) is 4. The van der Waals surface area contributed by atoms with Gasteiger partial charge in [-0.05, 0) is 68.5 Å². The van der Waals surface area contributed by atoms with Crippen molar-refractivity contribution < 1.29 is 35.5 Å². The van der Waals surface area contributed by atoms with Crippen molar-refractivity contribution in [3.05, 3.63) is 59.4 Å². The topological polar surface area (TPSA) is 84.5 Å². The van der Waals surface area contributed by atoms with Crippen molar-refractivity contribution in [2.75, 3.05) is 7.11 Å². The molecule has 1 saturated carbocycles. The van der Waals surface area contributed by atoms with Gasteiger partial charge in [0.15, 0.2) is 0 Å². The van der Waals surface area contributed by atoms with Crippen molar-refractivity contribution in [2.24, 2.45) is 5.92 Å². The Morgan fingerprint density at radius 1 is 1.06 bits per heavy atom. The summed E-state index contributed by atoms with van der Waals surface area (Å²) in [6.07, 6.45) is -3.19. The summed E-state index contributed by atoms with van der Waals surface area (Å²) in [6, 6.07) is 7.59. The number of ether oxygens (including phenoxy) is 1. The predicted molar refractivity (Wildman–Crippen MR) is 117 cm³/mol. The van der Waals surface area contributed by atoms with Gasteiger partial charge in [-0.3, -0.25) is 4.79 Å². The third-order valence-electron chi connectivity index (χ3n) is 5.94. The fraction of sp³-hybridized carbons (Fsp3) is 0.435. The highest BCUT2D eigenvalue weighted by Gasteiger charge is 2.36. The molecule has 1 fully saturated rings. The number of alkyl halides is 3. The molecule has 0 unspecified atom stereocenters. The Balaban J connectivity index is 1.59. The molecule has 0 saturated heterocycles. The van der Waals surface area contributed by atoms with Crippen LogP contribution < -0.4 is 14.8 Å². The lowest BCUT2D eigenvalue weighted by molar-refractivity contribution is -0.139. The van der Waals surface area contributed by atoms with Crippen molar-refractivity contribution in [1.82, 2.24) is 10.0 Å². The van der Waals surface area contributed by atoms with Gasteiger partial charge in [0.2, 0.25) is 15.9 Å². The number of sulfonamides is 1. The fourth-order valence-electron chi connectivity index (χ4n) is 4.00. The Hall–Kier alpha value is -2.66. The maximum Gasteiger partial charge on any atom is 0.420 e. The van der Waals surface area contributed by atoms with Crippen molar-refractivity contribution in [3.8, 4) is 5.75 Å². The van der Waals surface area contributed by atoms with Crippen LogP contribution in [0.2, 0.25) is 0 Å². The maximum absolute atomic E-state index is 13.2. The normalized spacial score (nSPS) is 19.9. The van der Waals surface area contributed by atoms with Gasteiger partial charge in [-0.25, -0.2) is 17.5 Å². The summed E-state index contributed by atoms with van der Waals surface area (Å²) in [6.45, 7) is 1.79. The summed E-state index contributed by atoms with van der Waals surface area (Å²) < 4.78 is 85.4. The lowest BCUT2D eigenvalue weighted by Crippen LogP contribution is -2.41. The quantitative estimate of drug-likeness (QED) is 0.544. The van der Waals surface area contributed by atoms with Crippen molar-refractivity contribution in [1.29, 1.82) is 0 Å². The molecule has 0 radical (unpaired) electrons. The summed E-state index contributed by atoms with van der Waals surface area (Å²) >= 11 is 0. The smallest absolute Gasteiger partial charge is 0.420 e. The van der Waals surface area contributed by atoms with Crippen LogP contribution in [0.5, 0.6) is 5.75 Å². The summed E-state index contributed by atoms with van der Waals surface area (Å²) in [4.78, 5) is 12.1. The lowest BCUT2D eigenvalue weighted by atomic mass is 9.85. The predicted octanol–water partition coefficient (Wildman–Crippen LogP) is 4.57. The standard InChI is InChI=1S/C23H26F4N2O4S/c1-14(15-3-7-17(24)8-4-15)28-22(30)16-5-9-18(10-6-16)29-34(31,32)19-11-12-21(33-2)20(13-19)23(25,26)27/h3-4,7-8,11-14,16,18,29H,5-6,9-10H2,1-2H3,(H,28,30)/t14-,16?,18?/m1/s1. The molecule has 1 amide bonds. The molecule has 0 heterocycles. The first-order valence-electron chi connectivity index (χ1n) is 10.7. The van der Waals surface area contributed by atoms with Gasteiger partial charge in [0.25, 0.3) is 0 Å². The van der Waals surface area contributed by atoms with Crippen LogP contribution in [0, 0.1) is 11.7 Å². The number of halogens is 4. The third kappa shape index (κ3) is 6.26. The molecular formula is C23H26F4N2O4S. The Labute approximate surface area is 195 Å². The average molecular weight is 503 g/mol. The first-order chi connectivity index (χ1) is 15.9. The van der Waals surface area contributed by atoms with Gasteiger partial charge in [0, 0.05) is 12.0 Å². The third-order valence-corrected chi connectivity index (χ3v) is 7.45. The summed E-state index contributed by atoms with van der Waals surface area (Å²) in [5.74, 6) is -1.33. The van der Waals surface area contributed by atoms with E-state index < -0.39 is 38.4 Å². The highest BCUT2D eigenvalue weighted by Crippen LogP contribution is 2.37. The van der Waals surface area contributed by atoms with Crippen LogP contribution in [0.15, 0.2) is 47.4 Å². The summed E-state index contributed by atoms with van der Waals surface area (Å²) in [5, 5.41) is 2.89. The molecule has 2 N–H and O–H groups in total. The molecule has 11 heteroatoms. The molecule has 2 aromatic rings. The van der Waals surface area contributed by atoms with Gasteiger partial charge in [0.1, 0.15) is 11.6 Å². The lowest BCUT2D eigenvalue weighted by Gasteiger charge is -2.29. The fourth-order valence-corrected chi connectivity index (χ4v) is 5.33. The van der Waals surface area contributed by atoms with Crippen LogP contribution in [0.1, 0.15) is 49.8 Å². The highest BCUT2D eigenvalue weighted by molar-refractivity contribution is 7.89. The summed E-state index contributed by atoms with van der Waals surface area (Å²) in [7, 11) is -3.13. The Bertz CT molecular complexity index is 1110. The highest BCUT2D eigenvalue weighted by atomic mass is 32.2. The number of carbonyl (C=O) groups excluding carboxylic acids is 1. The molecule has 0 bridgehead atoms. The van der Waals surface area contributed by atoms with Crippen LogP contribution >= 0.6 is 0 Å². The molecular weight excluding hydrogens is 476 g/mol.